The summed E-state index contributed by atoms with van der Waals surface area (Å²) in [6.07, 6.45) is 1.76. The van der Waals surface area contributed by atoms with Crippen molar-refractivity contribution in [3.8, 4) is 0 Å². The molecule has 21 heavy (non-hydrogen) atoms. The van der Waals surface area contributed by atoms with Gasteiger partial charge in [-0.05, 0) is 51.8 Å². The number of nitrogens with zero attached hydrogens (tertiary/aromatic N) is 1. The molecule has 1 aromatic heterocycles. The molecule has 3 aromatic rings. The molecule has 0 radical (unpaired) electrons. The van der Waals surface area contributed by atoms with E-state index < -0.39 is 10.8 Å². The lowest BCUT2D eigenvalue weighted by Crippen LogP contribution is -1.99. The predicted octanol–water partition coefficient (Wildman–Crippen LogP) is 3.89. The number of para-hydroxylation sites is 1. The summed E-state index contributed by atoms with van der Waals surface area (Å²) < 4.78 is 13.4. The molecule has 0 aliphatic rings. The van der Waals surface area contributed by atoms with Crippen LogP contribution < -0.4 is 5.73 Å². The van der Waals surface area contributed by atoms with Crippen LogP contribution in [0.25, 0.3) is 10.9 Å². The van der Waals surface area contributed by atoms with Crippen molar-refractivity contribution in [2.24, 2.45) is 0 Å². The Morgan fingerprint density at radius 1 is 1.14 bits per heavy atom. The number of rotatable bonds is 3. The molecule has 1 unspecified atom stereocenters. The molecule has 0 spiro atoms. The predicted molar refractivity (Wildman–Crippen MR) is 90.4 cm³/mol. The molecule has 106 valence electrons. The van der Waals surface area contributed by atoms with Crippen LogP contribution in [0.4, 0.5) is 5.69 Å². The molecular formula is C16H13BrN2OS. The minimum atomic E-state index is -1.14. The molecule has 0 bridgehead atoms. The number of nitrogen functional groups attached to an aromatic ring is 1. The fourth-order valence-electron chi connectivity index (χ4n) is 2.20. The maximum atomic E-state index is 12.6. The summed E-state index contributed by atoms with van der Waals surface area (Å²) in [6.45, 7) is 0. The highest BCUT2D eigenvalue weighted by molar-refractivity contribution is 9.10. The topological polar surface area (TPSA) is 56.0 Å². The first-order valence-electron chi connectivity index (χ1n) is 6.41. The van der Waals surface area contributed by atoms with Crippen LogP contribution in [0.1, 0.15) is 5.56 Å². The maximum absolute atomic E-state index is 12.6. The first-order chi connectivity index (χ1) is 10.1. The quantitative estimate of drug-likeness (QED) is 0.720. The molecule has 1 heterocycles. The molecule has 3 nitrogen and oxygen atoms in total. The summed E-state index contributed by atoms with van der Waals surface area (Å²) in [5, 5.41) is 1.04. The highest BCUT2D eigenvalue weighted by Gasteiger charge is 2.11. The second-order valence-corrected chi connectivity index (χ2v) is 6.94. The SMILES string of the molecule is Nc1ccc(S(=O)Cc2ccnc3ccccc23)c(Br)c1. The van der Waals surface area contributed by atoms with E-state index in [4.69, 9.17) is 5.73 Å². The highest BCUT2D eigenvalue weighted by Crippen LogP contribution is 2.26. The summed E-state index contributed by atoms with van der Waals surface area (Å²) in [6, 6.07) is 15.2. The minimum absolute atomic E-state index is 0.450. The summed E-state index contributed by atoms with van der Waals surface area (Å²) in [5.74, 6) is 0.450. The number of halogens is 1. The number of hydrogen-bond donors (Lipinski definition) is 1. The van der Waals surface area contributed by atoms with E-state index in [-0.39, 0.29) is 0 Å². The van der Waals surface area contributed by atoms with Crippen molar-refractivity contribution in [1.29, 1.82) is 0 Å². The van der Waals surface area contributed by atoms with Crippen LogP contribution in [0.2, 0.25) is 0 Å². The fourth-order valence-corrected chi connectivity index (χ4v) is 4.33. The lowest BCUT2D eigenvalue weighted by molar-refractivity contribution is 0.682. The van der Waals surface area contributed by atoms with Crippen molar-refractivity contribution in [1.82, 2.24) is 4.98 Å². The second kappa shape index (κ2) is 5.95. The monoisotopic (exact) mass is 360 g/mol. The molecule has 2 N–H and O–H groups in total. The third-order valence-electron chi connectivity index (χ3n) is 3.23. The highest BCUT2D eigenvalue weighted by atomic mass is 79.9. The standard InChI is InChI=1S/C16H13BrN2OS/c17-14-9-12(18)5-6-16(14)21(20)10-11-7-8-19-15-4-2-1-3-13(11)15/h1-9H,10,18H2. The summed E-state index contributed by atoms with van der Waals surface area (Å²) >= 11 is 3.43. The zero-order chi connectivity index (χ0) is 14.8. The van der Waals surface area contributed by atoms with E-state index in [1.165, 1.54) is 0 Å². The summed E-state index contributed by atoms with van der Waals surface area (Å²) in [7, 11) is -1.14. The molecule has 0 saturated heterocycles. The fraction of sp³-hybridized carbons (Fsp3) is 0.0625. The second-order valence-electron chi connectivity index (χ2n) is 4.67. The van der Waals surface area contributed by atoms with Crippen molar-refractivity contribution in [3.05, 3.63) is 64.8 Å². The van der Waals surface area contributed by atoms with Crippen LogP contribution in [0.3, 0.4) is 0 Å². The van der Waals surface area contributed by atoms with Crippen molar-refractivity contribution < 1.29 is 4.21 Å². The molecule has 0 fully saturated rings. The Balaban J connectivity index is 1.97. The largest absolute Gasteiger partial charge is 0.399 e. The van der Waals surface area contributed by atoms with E-state index in [1.54, 1.807) is 24.4 Å². The molecular weight excluding hydrogens is 348 g/mol. The van der Waals surface area contributed by atoms with Crippen molar-refractivity contribution in [2.75, 3.05) is 5.73 Å². The molecule has 0 amide bonds. The van der Waals surface area contributed by atoms with E-state index in [0.717, 1.165) is 25.8 Å². The van der Waals surface area contributed by atoms with Gasteiger partial charge in [-0.1, -0.05) is 18.2 Å². The van der Waals surface area contributed by atoms with Gasteiger partial charge in [-0.15, -0.1) is 0 Å². The van der Waals surface area contributed by atoms with Gasteiger partial charge in [0.25, 0.3) is 0 Å². The average molecular weight is 361 g/mol. The Morgan fingerprint density at radius 2 is 1.95 bits per heavy atom. The van der Waals surface area contributed by atoms with E-state index in [1.807, 2.05) is 30.3 Å². The van der Waals surface area contributed by atoms with Crippen LogP contribution in [0.5, 0.6) is 0 Å². The molecule has 1 atom stereocenters. The van der Waals surface area contributed by atoms with Crippen LogP contribution in [0.15, 0.2) is 64.1 Å². The minimum Gasteiger partial charge on any atom is -0.399 e. The number of pyridine rings is 1. The molecule has 0 aliphatic carbocycles. The van der Waals surface area contributed by atoms with Gasteiger partial charge in [0.05, 0.1) is 27.0 Å². The van der Waals surface area contributed by atoms with Crippen molar-refractivity contribution in [2.45, 2.75) is 10.6 Å². The molecule has 5 heteroatoms. The van der Waals surface area contributed by atoms with Gasteiger partial charge < -0.3 is 5.73 Å². The van der Waals surface area contributed by atoms with Gasteiger partial charge in [0, 0.05) is 21.7 Å². The first kappa shape index (κ1) is 14.2. The Morgan fingerprint density at radius 3 is 2.76 bits per heavy atom. The Hall–Kier alpha value is -1.72. The third kappa shape index (κ3) is 2.99. The summed E-state index contributed by atoms with van der Waals surface area (Å²) in [4.78, 5) is 5.08. The normalized spacial score (nSPS) is 12.4. The number of aromatic nitrogens is 1. The number of nitrogens with two attached hydrogens (primary N) is 1. The molecule has 3 rings (SSSR count). The van der Waals surface area contributed by atoms with Gasteiger partial charge >= 0.3 is 0 Å². The zero-order valence-corrected chi connectivity index (χ0v) is 13.5. The lowest BCUT2D eigenvalue weighted by atomic mass is 10.1. The first-order valence-corrected chi connectivity index (χ1v) is 8.52. The van der Waals surface area contributed by atoms with Crippen LogP contribution in [-0.2, 0) is 16.6 Å². The van der Waals surface area contributed by atoms with Gasteiger partial charge in [0.15, 0.2) is 0 Å². The Labute approximate surface area is 133 Å². The van der Waals surface area contributed by atoms with Gasteiger partial charge in [-0.2, -0.15) is 0 Å². The summed E-state index contributed by atoms with van der Waals surface area (Å²) in [5.41, 5.74) is 8.32. The number of benzene rings is 2. The third-order valence-corrected chi connectivity index (χ3v) is 5.57. The van der Waals surface area contributed by atoms with E-state index in [0.29, 0.717) is 11.4 Å². The smallest absolute Gasteiger partial charge is 0.0705 e. The van der Waals surface area contributed by atoms with Crippen molar-refractivity contribution >= 4 is 43.3 Å². The average Bonchev–Trinajstić information content (AvgIpc) is 2.47. The number of hydrogen-bond acceptors (Lipinski definition) is 3. The van der Waals surface area contributed by atoms with Gasteiger partial charge in [0.2, 0.25) is 0 Å². The van der Waals surface area contributed by atoms with Gasteiger partial charge in [-0.3, -0.25) is 9.19 Å². The van der Waals surface area contributed by atoms with E-state index in [2.05, 4.69) is 20.9 Å². The zero-order valence-electron chi connectivity index (χ0n) is 11.1. The maximum Gasteiger partial charge on any atom is 0.0705 e. The lowest BCUT2D eigenvalue weighted by Gasteiger charge is -2.08. The number of anilines is 1. The Kier molecular flexibility index (Phi) is 4.03. The Bertz CT molecular complexity index is 830. The molecule has 2 aromatic carbocycles. The molecule has 0 saturated carbocycles. The molecule has 0 aliphatic heterocycles. The number of fused-ring (bicyclic) bond motifs is 1. The van der Waals surface area contributed by atoms with Crippen LogP contribution >= 0.6 is 15.9 Å². The van der Waals surface area contributed by atoms with E-state index >= 15 is 0 Å². The van der Waals surface area contributed by atoms with E-state index in [9.17, 15) is 4.21 Å². The van der Waals surface area contributed by atoms with Gasteiger partial charge in [-0.25, -0.2) is 0 Å². The van der Waals surface area contributed by atoms with Crippen LogP contribution in [-0.4, -0.2) is 9.19 Å². The van der Waals surface area contributed by atoms with Gasteiger partial charge in [0.1, 0.15) is 0 Å². The van der Waals surface area contributed by atoms with Crippen LogP contribution in [0, 0.1) is 0 Å². The van der Waals surface area contributed by atoms with Crippen molar-refractivity contribution in [3.63, 3.8) is 0 Å².